The van der Waals surface area contributed by atoms with Crippen molar-refractivity contribution >= 4 is 10.9 Å². The molecule has 6 nitrogen and oxygen atoms in total. The quantitative estimate of drug-likeness (QED) is 0.802. The molecule has 0 bridgehead atoms. The van der Waals surface area contributed by atoms with Crippen LogP contribution in [0.3, 0.4) is 0 Å². The number of aromatic amines is 1. The van der Waals surface area contributed by atoms with Gasteiger partial charge in [-0.2, -0.15) is 0 Å². The molecule has 1 aromatic carbocycles. The summed E-state index contributed by atoms with van der Waals surface area (Å²) < 4.78 is 5.19. The van der Waals surface area contributed by atoms with Gasteiger partial charge in [0.05, 0.1) is 29.7 Å². The van der Waals surface area contributed by atoms with Gasteiger partial charge in [0.1, 0.15) is 5.82 Å². The normalized spacial score (nSPS) is 19.0. The molecule has 1 aliphatic rings. The van der Waals surface area contributed by atoms with E-state index in [2.05, 4.69) is 20.0 Å². The van der Waals surface area contributed by atoms with Crippen LogP contribution in [0.25, 0.3) is 10.9 Å². The van der Waals surface area contributed by atoms with Crippen LogP contribution in [-0.4, -0.2) is 26.6 Å². The van der Waals surface area contributed by atoms with Crippen molar-refractivity contribution < 1.29 is 4.52 Å². The maximum Gasteiger partial charge on any atom is 0.258 e. The number of nitrogens with one attached hydrogen (secondary N) is 1. The maximum atomic E-state index is 12.2. The van der Waals surface area contributed by atoms with Crippen LogP contribution in [0.5, 0.6) is 0 Å². The van der Waals surface area contributed by atoms with E-state index in [9.17, 15) is 4.79 Å². The molecule has 3 heterocycles. The molecule has 3 aromatic rings. The number of rotatable bonds is 3. The Labute approximate surface area is 126 Å². The van der Waals surface area contributed by atoms with Crippen LogP contribution in [-0.2, 0) is 6.54 Å². The topological polar surface area (TPSA) is 75.0 Å². The van der Waals surface area contributed by atoms with E-state index in [-0.39, 0.29) is 11.6 Å². The third-order valence-corrected chi connectivity index (χ3v) is 4.16. The van der Waals surface area contributed by atoms with Gasteiger partial charge in [0.2, 0.25) is 0 Å². The van der Waals surface area contributed by atoms with Gasteiger partial charge < -0.3 is 9.51 Å². The predicted molar refractivity (Wildman–Crippen MR) is 81.3 cm³/mol. The molecule has 2 aromatic heterocycles. The lowest BCUT2D eigenvalue weighted by Crippen LogP contribution is -2.26. The molecule has 112 valence electrons. The summed E-state index contributed by atoms with van der Waals surface area (Å²) in [6.45, 7) is 1.64. The van der Waals surface area contributed by atoms with Crippen molar-refractivity contribution in [1.29, 1.82) is 0 Å². The molecule has 0 saturated carbocycles. The monoisotopic (exact) mass is 296 g/mol. The minimum Gasteiger partial charge on any atom is -0.360 e. The van der Waals surface area contributed by atoms with Crippen LogP contribution in [0.4, 0.5) is 0 Å². The van der Waals surface area contributed by atoms with Crippen molar-refractivity contribution in [3.63, 3.8) is 0 Å². The Hall–Kier alpha value is -2.47. The third kappa shape index (κ3) is 2.31. The molecule has 1 saturated heterocycles. The van der Waals surface area contributed by atoms with Gasteiger partial charge in [-0.05, 0) is 31.5 Å². The standard InChI is InChI=1S/C16H16N4O2/c21-16-12-4-1-2-5-13(12)18-15(19-16)14-6-3-9-20(14)10-11-7-8-17-22-11/h1-2,4-5,7-8,14H,3,6,9-10H2,(H,18,19,21). The molecular formula is C16H16N4O2. The van der Waals surface area contributed by atoms with Crippen LogP contribution < -0.4 is 5.56 Å². The van der Waals surface area contributed by atoms with Crippen molar-refractivity contribution in [1.82, 2.24) is 20.0 Å². The van der Waals surface area contributed by atoms with E-state index in [4.69, 9.17) is 4.52 Å². The van der Waals surface area contributed by atoms with Gasteiger partial charge in [0.15, 0.2) is 5.76 Å². The van der Waals surface area contributed by atoms with Crippen LogP contribution in [0.15, 0.2) is 45.8 Å². The van der Waals surface area contributed by atoms with Gasteiger partial charge in [0, 0.05) is 6.07 Å². The zero-order valence-electron chi connectivity index (χ0n) is 12.0. The van der Waals surface area contributed by atoms with E-state index in [0.717, 1.165) is 36.5 Å². The largest absolute Gasteiger partial charge is 0.360 e. The number of para-hydroxylation sites is 1. The molecule has 6 heteroatoms. The van der Waals surface area contributed by atoms with E-state index >= 15 is 0 Å². The molecule has 1 fully saturated rings. The van der Waals surface area contributed by atoms with Gasteiger partial charge in [-0.15, -0.1) is 0 Å². The van der Waals surface area contributed by atoms with Crippen molar-refractivity contribution in [3.8, 4) is 0 Å². The summed E-state index contributed by atoms with van der Waals surface area (Å²) >= 11 is 0. The van der Waals surface area contributed by atoms with Crippen LogP contribution in [0.1, 0.15) is 30.5 Å². The fraction of sp³-hybridized carbons (Fsp3) is 0.312. The summed E-state index contributed by atoms with van der Waals surface area (Å²) in [5, 5.41) is 4.37. The summed E-state index contributed by atoms with van der Waals surface area (Å²) in [5.41, 5.74) is 0.667. The van der Waals surface area contributed by atoms with Crippen molar-refractivity contribution in [2.24, 2.45) is 0 Å². The molecule has 0 spiro atoms. The number of likely N-dealkylation sites (tertiary alicyclic amines) is 1. The first-order valence-corrected chi connectivity index (χ1v) is 7.44. The Bertz CT molecular complexity index is 841. The Morgan fingerprint density at radius 2 is 2.23 bits per heavy atom. The molecule has 1 aliphatic heterocycles. The third-order valence-electron chi connectivity index (χ3n) is 4.16. The zero-order valence-corrected chi connectivity index (χ0v) is 12.0. The highest BCUT2D eigenvalue weighted by molar-refractivity contribution is 5.77. The fourth-order valence-corrected chi connectivity index (χ4v) is 3.11. The number of benzene rings is 1. The van der Waals surface area contributed by atoms with E-state index in [1.165, 1.54) is 0 Å². The number of nitrogens with zero attached hydrogens (tertiary/aromatic N) is 3. The highest BCUT2D eigenvalue weighted by Crippen LogP contribution is 2.31. The summed E-state index contributed by atoms with van der Waals surface area (Å²) in [7, 11) is 0. The maximum absolute atomic E-state index is 12.2. The van der Waals surface area contributed by atoms with E-state index in [1.54, 1.807) is 12.3 Å². The number of aromatic nitrogens is 3. The molecule has 1 N–H and O–H groups in total. The average molecular weight is 296 g/mol. The van der Waals surface area contributed by atoms with E-state index < -0.39 is 0 Å². The van der Waals surface area contributed by atoms with Crippen LogP contribution in [0.2, 0.25) is 0 Å². The molecule has 0 radical (unpaired) electrons. The van der Waals surface area contributed by atoms with Crippen LogP contribution in [0, 0.1) is 0 Å². The van der Waals surface area contributed by atoms with Gasteiger partial charge >= 0.3 is 0 Å². The summed E-state index contributed by atoms with van der Waals surface area (Å²) in [6.07, 6.45) is 3.71. The van der Waals surface area contributed by atoms with E-state index in [1.807, 2.05) is 24.3 Å². The Morgan fingerprint density at radius 3 is 3.09 bits per heavy atom. The smallest absolute Gasteiger partial charge is 0.258 e. The van der Waals surface area contributed by atoms with Gasteiger partial charge in [0.25, 0.3) is 5.56 Å². The second-order valence-electron chi connectivity index (χ2n) is 5.58. The molecule has 1 atom stereocenters. The molecule has 0 aliphatic carbocycles. The molecule has 4 rings (SSSR count). The number of hydrogen-bond donors (Lipinski definition) is 1. The molecular weight excluding hydrogens is 280 g/mol. The lowest BCUT2D eigenvalue weighted by molar-refractivity contribution is 0.210. The second-order valence-corrected chi connectivity index (χ2v) is 5.58. The lowest BCUT2D eigenvalue weighted by atomic mass is 10.2. The predicted octanol–water partition coefficient (Wildman–Crippen LogP) is 2.25. The van der Waals surface area contributed by atoms with Crippen LogP contribution >= 0.6 is 0 Å². The Morgan fingerprint density at radius 1 is 1.32 bits per heavy atom. The van der Waals surface area contributed by atoms with Crippen molar-refractivity contribution in [2.45, 2.75) is 25.4 Å². The molecule has 0 amide bonds. The number of hydrogen-bond acceptors (Lipinski definition) is 5. The first kappa shape index (κ1) is 13.2. The Balaban J connectivity index is 1.69. The number of H-pyrrole nitrogens is 1. The second kappa shape index (κ2) is 5.38. The first-order valence-electron chi connectivity index (χ1n) is 7.44. The fourth-order valence-electron chi connectivity index (χ4n) is 3.11. The summed E-state index contributed by atoms with van der Waals surface area (Å²) in [4.78, 5) is 22.1. The van der Waals surface area contributed by atoms with Gasteiger partial charge in [-0.3, -0.25) is 9.69 Å². The van der Waals surface area contributed by atoms with Gasteiger partial charge in [-0.25, -0.2) is 4.98 Å². The zero-order chi connectivity index (χ0) is 14.9. The molecule has 1 unspecified atom stereocenters. The minimum absolute atomic E-state index is 0.0767. The SMILES string of the molecule is O=c1[nH]c(C2CCCN2Cc2ccno2)nc2ccccc12. The molecule has 22 heavy (non-hydrogen) atoms. The summed E-state index contributed by atoms with van der Waals surface area (Å²) in [6, 6.07) is 9.41. The summed E-state index contributed by atoms with van der Waals surface area (Å²) in [5.74, 6) is 1.57. The first-order chi connectivity index (χ1) is 10.8. The average Bonchev–Trinajstić information content (AvgIpc) is 3.19. The minimum atomic E-state index is -0.0767. The highest BCUT2D eigenvalue weighted by Gasteiger charge is 2.29. The number of fused-ring (bicyclic) bond motifs is 1. The van der Waals surface area contributed by atoms with Gasteiger partial charge in [-0.1, -0.05) is 17.3 Å². The van der Waals surface area contributed by atoms with Crippen molar-refractivity contribution in [2.75, 3.05) is 6.54 Å². The van der Waals surface area contributed by atoms with Crippen molar-refractivity contribution in [3.05, 3.63) is 58.5 Å². The lowest BCUT2D eigenvalue weighted by Gasteiger charge is -2.22. The Kier molecular flexibility index (Phi) is 3.23. The highest BCUT2D eigenvalue weighted by atomic mass is 16.5. The van der Waals surface area contributed by atoms with E-state index in [0.29, 0.717) is 11.9 Å².